The molecule has 1 aliphatic carbocycles. The lowest BCUT2D eigenvalue weighted by molar-refractivity contribution is -0.135. The number of hydrogen-bond donors (Lipinski definition) is 0. The lowest BCUT2D eigenvalue weighted by atomic mass is 9.69. The van der Waals surface area contributed by atoms with Gasteiger partial charge in [-0.1, -0.05) is 6.92 Å². The van der Waals surface area contributed by atoms with E-state index < -0.39 is 5.92 Å². The van der Waals surface area contributed by atoms with Gasteiger partial charge in [-0.3, -0.25) is 0 Å². The van der Waals surface area contributed by atoms with Crippen molar-refractivity contribution in [3.05, 3.63) is 6.92 Å². The molecule has 0 atom stereocenters. The van der Waals surface area contributed by atoms with Crippen LogP contribution < -0.4 is 0 Å². The van der Waals surface area contributed by atoms with Crippen LogP contribution in [0.15, 0.2) is 0 Å². The van der Waals surface area contributed by atoms with Gasteiger partial charge in [0.05, 0.1) is 0 Å². The maximum Gasteiger partial charge on any atom is 0.249 e. The largest absolute Gasteiger partial charge is 0.249 e. The zero-order valence-electron chi connectivity index (χ0n) is 4.88. The SMILES string of the molecule is [CH2]C1(C)CC(F)(F)C1. The molecule has 0 spiro atoms. The smallest absolute Gasteiger partial charge is 0.207 e. The number of halogens is 2. The van der Waals surface area contributed by atoms with Crippen molar-refractivity contribution in [3.8, 4) is 0 Å². The molecule has 2 heteroatoms. The van der Waals surface area contributed by atoms with E-state index in [9.17, 15) is 8.78 Å². The fraction of sp³-hybridized carbons (Fsp3) is 0.833. The van der Waals surface area contributed by atoms with E-state index in [1.165, 1.54) is 0 Å². The van der Waals surface area contributed by atoms with Gasteiger partial charge < -0.3 is 0 Å². The van der Waals surface area contributed by atoms with Gasteiger partial charge in [0.1, 0.15) is 0 Å². The molecule has 0 N–H and O–H groups in total. The van der Waals surface area contributed by atoms with Crippen molar-refractivity contribution in [2.45, 2.75) is 25.7 Å². The van der Waals surface area contributed by atoms with Gasteiger partial charge in [0.25, 0.3) is 0 Å². The Morgan fingerprint density at radius 1 is 1.38 bits per heavy atom. The lowest BCUT2D eigenvalue weighted by Crippen LogP contribution is -2.41. The Bertz CT molecular complexity index is 83.1. The molecule has 0 unspecified atom stereocenters. The minimum atomic E-state index is -2.41. The Morgan fingerprint density at radius 3 is 1.75 bits per heavy atom. The molecular formula is C6H9F2. The Labute approximate surface area is 47.9 Å². The first-order valence-corrected chi connectivity index (χ1v) is 2.65. The third-order valence-corrected chi connectivity index (χ3v) is 1.37. The van der Waals surface area contributed by atoms with Gasteiger partial charge >= 0.3 is 0 Å². The van der Waals surface area contributed by atoms with Crippen molar-refractivity contribution in [1.82, 2.24) is 0 Å². The highest BCUT2D eigenvalue weighted by molar-refractivity contribution is 4.97. The fourth-order valence-corrected chi connectivity index (χ4v) is 1.20. The fourth-order valence-electron chi connectivity index (χ4n) is 1.20. The number of alkyl halides is 2. The zero-order valence-corrected chi connectivity index (χ0v) is 4.88. The van der Waals surface area contributed by atoms with Gasteiger partial charge in [0.2, 0.25) is 5.92 Å². The van der Waals surface area contributed by atoms with Crippen LogP contribution in [-0.2, 0) is 0 Å². The maximum atomic E-state index is 12.0. The summed E-state index contributed by atoms with van der Waals surface area (Å²) in [6.45, 7) is 5.35. The molecule has 0 heterocycles. The van der Waals surface area contributed by atoms with Crippen LogP contribution in [0.1, 0.15) is 19.8 Å². The molecule has 8 heavy (non-hydrogen) atoms. The molecule has 1 saturated carbocycles. The second-order valence-corrected chi connectivity index (χ2v) is 3.02. The summed E-state index contributed by atoms with van der Waals surface area (Å²) in [5.41, 5.74) is -0.344. The Hall–Kier alpha value is -0.140. The maximum absolute atomic E-state index is 12.0. The van der Waals surface area contributed by atoms with Gasteiger partial charge in [-0.05, 0) is 12.3 Å². The van der Waals surface area contributed by atoms with Crippen LogP contribution in [0.25, 0.3) is 0 Å². The topological polar surface area (TPSA) is 0 Å². The average Bonchev–Trinajstić information content (AvgIpc) is 1.20. The van der Waals surface area contributed by atoms with Crippen molar-refractivity contribution >= 4 is 0 Å². The van der Waals surface area contributed by atoms with Crippen molar-refractivity contribution in [2.75, 3.05) is 0 Å². The normalized spacial score (nSPS) is 31.5. The summed E-state index contributed by atoms with van der Waals surface area (Å²) in [4.78, 5) is 0. The van der Waals surface area contributed by atoms with Gasteiger partial charge in [0, 0.05) is 12.8 Å². The van der Waals surface area contributed by atoms with Crippen LogP contribution in [0, 0.1) is 12.3 Å². The predicted octanol–water partition coefficient (Wildman–Crippen LogP) is 2.26. The summed E-state index contributed by atoms with van der Waals surface area (Å²) in [6, 6.07) is 0. The van der Waals surface area contributed by atoms with E-state index in [1.807, 2.05) is 0 Å². The summed E-state index contributed by atoms with van der Waals surface area (Å²) >= 11 is 0. The van der Waals surface area contributed by atoms with E-state index in [2.05, 4.69) is 6.92 Å². The average molecular weight is 119 g/mol. The Balaban J connectivity index is 2.42. The highest BCUT2D eigenvalue weighted by Crippen LogP contribution is 2.50. The van der Waals surface area contributed by atoms with Crippen molar-refractivity contribution in [3.63, 3.8) is 0 Å². The summed E-state index contributed by atoms with van der Waals surface area (Å²) in [7, 11) is 0. The molecule has 1 rings (SSSR count). The van der Waals surface area contributed by atoms with E-state index in [0.29, 0.717) is 0 Å². The van der Waals surface area contributed by atoms with Crippen molar-refractivity contribution < 1.29 is 8.78 Å². The molecule has 47 valence electrons. The van der Waals surface area contributed by atoms with Crippen molar-refractivity contribution in [1.29, 1.82) is 0 Å². The first kappa shape index (κ1) is 5.99. The Morgan fingerprint density at radius 2 is 1.75 bits per heavy atom. The highest BCUT2D eigenvalue weighted by Gasteiger charge is 2.50. The molecule has 0 saturated heterocycles. The molecule has 0 aromatic rings. The van der Waals surface area contributed by atoms with E-state index >= 15 is 0 Å². The molecule has 0 amide bonds. The summed E-state index contributed by atoms with van der Waals surface area (Å²) in [5.74, 6) is -2.41. The molecular weight excluding hydrogens is 110 g/mol. The third-order valence-electron chi connectivity index (χ3n) is 1.37. The van der Waals surface area contributed by atoms with Gasteiger partial charge in [-0.15, -0.1) is 0 Å². The third kappa shape index (κ3) is 0.984. The predicted molar refractivity (Wildman–Crippen MR) is 27.6 cm³/mol. The number of rotatable bonds is 0. The molecule has 1 fully saturated rings. The van der Waals surface area contributed by atoms with Gasteiger partial charge in [-0.25, -0.2) is 8.78 Å². The van der Waals surface area contributed by atoms with Crippen LogP contribution >= 0.6 is 0 Å². The van der Waals surface area contributed by atoms with E-state index in [0.717, 1.165) is 0 Å². The van der Waals surface area contributed by atoms with Crippen LogP contribution in [0.2, 0.25) is 0 Å². The summed E-state index contributed by atoms with van der Waals surface area (Å²) in [6.07, 6.45) is -0.0833. The summed E-state index contributed by atoms with van der Waals surface area (Å²) in [5, 5.41) is 0. The van der Waals surface area contributed by atoms with Crippen LogP contribution in [0.4, 0.5) is 8.78 Å². The lowest BCUT2D eigenvalue weighted by Gasteiger charge is -2.41. The van der Waals surface area contributed by atoms with Gasteiger partial charge in [-0.2, -0.15) is 0 Å². The van der Waals surface area contributed by atoms with Crippen molar-refractivity contribution in [2.24, 2.45) is 5.41 Å². The van der Waals surface area contributed by atoms with Crippen LogP contribution in [0.5, 0.6) is 0 Å². The number of hydrogen-bond acceptors (Lipinski definition) is 0. The quantitative estimate of drug-likeness (QED) is 0.458. The second kappa shape index (κ2) is 1.23. The molecule has 1 radical (unpaired) electrons. The van der Waals surface area contributed by atoms with Crippen LogP contribution in [-0.4, -0.2) is 5.92 Å². The molecule has 0 aromatic carbocycles. The van der Waals surface area contributed by atoms with E-state index in [1.54, 1.807) is 6.92 Å². The summed E-state index contributed by atoms with van der Waals surface area (Å²) < 4.78 is 24.0. The molecule has 0 nitrogen and oxygen atoms in total. The van der Waals surface area contributed by atoms with E-state index in [-0.39, 0.29) is 18.3 Å². The highest BCUT2D eigenvalue weighted by atomic mass is 19.3. The zero-order chi connectivity index (χ0) is 6.41. The first-order chi connectivity index (χ1) is 3.41. The second-order valence-electron chi connectivity index (χ2n) is 3.02. The molecule has 0 aliphatic heterocycles. The van der Waals surface area contributed by atoms with Gasteiger partial charge in [0.15, 0.2) is 0 Å². The minimum Gasteiger partial charge on any atom is -0.207 e. The molecule has 1 aliphatic rings. The molecule has 0 aromatic heterocycles. The monoisotopic (exact) mass is 119 g/mol. The minimum absolute atomic E-state index is 0.0417. The standard InChI is InChI=1S/C6H9F2/c1-5(2)3-6(7,8)4-5/h1,3-4H2,2H3. The van der Waals surface area contributed by atoms with E-state index in [4.69, 9.17) is 0 Å². The van der Waals surface area contributed by atoms with Crippen LogP contribution in [0.3, 0.4) is 0 Å². The molecule has 0 bridgehead atoms. The first-order valence-electron chi connectivity index (χ1n) is 2.65. The Kier molecular flexibility index (Phi) is 0.918.